The summed E-state index contributed by atoms with van der Waals surface area (Å²) in [6, 6.07) is -0.450. The molecule has 0 aromatic heterocycles. The Morgan fingerprint density at radius 1 is 1.13 bits per heavy atom. The number of hydrogen-bond donors (Lipinski definition) is 1. The van der Waals surface area contributed by atoms with Crippen molar-refractivity contribution in [1.29, 1.82) is 0 Å². The van der Waals surface area contributed by atoms with Gasteiger partial charge in [0.05, 0.1) is 6.04 Å². The molecule has 0 unspecified atom stereocenters. The second kappa shape index (κ2) is 5.11. The van der Waals surface area contributed by atoms with Gasteiger partial charge in [0.25, 0.3) is 0 Å². The monoisotopic (exact) mass is 213 g/mol. The lowest BCUT2D eigenvalue weighted by atomic mass is 10.3. The molecule has 2 N–H and O–H groups in total. The van der Waals surface area contributed by atoms with Crippen LogP contribution < -0.4 is 5.73 Å². The highest BCUT2D eigenvalue weighted by molar-refractivity contribution is 5.81. The van der Waals surface area contributed by atoms with Crippen LogP contribution in [0.1, 0.15) is 20.3 Å². The lowest BCUT2D eigenvalue weighted by Crippen LogP contribution is -2.44. The summed E-state index contributed by atoms with van der Waals surface area (Å²) in [5, 5.41) is 0. The number of carbonyl (C=O) groups is 2. The van der Waals surface area contributed by atoms with Crippen LogP contribution >= 0.6 is 0 Å². The quantitative estimate of drug-likeness (QED) is 0.633. The minimum absolute atomic E-state index is 0.0274. The number of amides is 2. The topological polar surface area (TPSA) is 66.6 Å². The number of rotatable bonds is 1. The van der Waals surface area contributed by atoms with Gasteiger partial charge < -0.3 is 15.5 Å². The minimum atomic E-state index is -0.450. The maximum atomic E-state index is 11.6. The summed E-state index contributed by atoms with van der Waals surface area (Å²) in [7, 11) is 0. The van der Waals surface area contributed by atoms with E-state index in [0.717, 1.165) is 13.0 Å². The third-order valence-corrected chi connectivity index (χ3v) is 2.64. The third-order valence-electron chi connectivity index (χ3n) is 2.64. The third kappa shape index (κ3) is 3.20. The smallest absolute Gasteiger partial charge is 0.239 e. The molecule has 1 aliphatic rings. The molecule has 1 heterocycles. The molecule has 86 valence electrons. The Labute approximate surface area is 90.2 Å². The summed E-state index contributed by atoms with van der Waals surface area (Å²) < 4.78 is 0. The molecule has 0 spiro atoms. The van der Waals surface area contributed by atoms with Crippen LogP contribution in [0.2, 0.25) is 0 Å². The largest absolute Gasteiger partial charge is 0.341 e. The van der Waals surface area contributed by atoms with Crippen LogP contribution in [0.5, 0.6) is 0 Å². The molecule has 0 radical (unpaired) electrons. The zero-order valence-electron chi connectivity index (χ0n) is 9.40. The number of nitrogens with two attached hydrogens (primary N) is 1. The van der Waals surface area contributed by atoms with Gasteiger partial charge in [-0.05, 0) is 13.3 Å². The average Bonchev–Trinajstić information content (AvgIpc) is 2.41. The van der Waals surface area contributed by atoms with Crippen LogP contribution in [0.15, 0.2) is 0 Å². The van der Waals surface area contributed by atoms with E-state index in [2.05, 4.69) is 0 Å². The van der Waals surface area contributed by atoms with Crippen LogP contribution in [0.25, 0.3) is 0 Å². The van der Waals surface area contributed by atoms with E-state index in [9.17, 15) is 9.59 Å². The Bertz CT molecular complexity index is 253. The first kappa shape index (κ1) is 12.0. The van der Waals surface area contributed by atoms with Crippen molar-refractivity contribution < 1.29 is 9.59 Å². The van der Waals surface area contributed by atoms with E-state index in [4.69, 9.17) is 5.73 Å². The van der Waals surface area contributed by atoms with Crippen LogP contribution in [0.3, 0.4) is 0 Å². The van der Waals surface area contributed by atoms with Gasteiger partial charge in [-0.1, -0.05) is 0 Å². The fourth-order valence-electron chi connectivity index (χ4n) is 1.74. The van der Waals surface area contributed by atoms with E-state index < -0.39 is 6.04 Å². The molecule has 5 nitrogen and oxygen atoms in total. The molecule has 0 aromatic carbocycles. The van der Waals surface area contributed by atoms with E-state index in [1.54, 1.807) is 23.6 Å². The van der Waals surface area contributed by atoms with Gasteiger partial charge in [0.2, 0.25) is 11.8 Å². The van der Waals surface area contributed by atoms with E-state index in [-0.39, 0.29) is 11.8 Å². The van der Waals surface area contributed by atoms with Gasteiger partial charge in [-0.2, -0.15) is 0 Å². The van der Waals surface area contributed by atoms with Crippen molar-refractivity contribution in [1.82, 2.24) is 9.80 Å². The van der Waals surface area contributed by atoms with E-state index in [1.807, 2.05) is 0 Å². The summed E-state index contributed by atoms with van der Waals surface area (Å²) in [5.74, 6) is 0.0468. The average molecular weight is 213 g/mol. The predicted molar refractivity (Wildman–Crippen MR) is 57.1 cm³/mol. The molecule has 0 saturated carbocycles. The molecule has 0 aromatic rings. The number of nitrogens with zero attached hydrogens (tertiary/aromatic N) is 2. The molecular formula is C10H19N3O2. The Hall–Kier alpha value is -1.10. The Morgan fingerprint density at radius 3 is 2.20 bits per heavy atom. The van der Waals surface area contributed by atoms with Crippen molar-refractivity contribution in [2.45, 2.75) is 26.3 Å². The van der Waals surface area contributed by atoms with Crippen molar-refractivity contribution >= 4 is 11.8 Å². The second-order valence-corrected chi connectivity index (χ2v) is 3.97. The van der Waals surface area contributed by atoms with E-state index >= 15 is 0 Å². The first-order chi connectivity index (χ1) is 7.02. The normalized spacial score (nSPS) is 19.7. The Morgan fingerprint density at radius 2 is 1.67 bits per heavy atom. The molecule has 1 aliphatic heterocycles. The Kier molecular flexibility index (Phi) is 4.08. The first-order valence-electron chi connectivity index (χ1n) is 5.32. The predicted octanol–water partition coefficient (Wildman–Crippen LogP) is -0.586. The fourth-order valence-corrected chi connectivity index (χ4v) is 1.74. The van der Waals surface area contributed by atoms with Gasteiger partial charge in [0.15, 0.2) is 0 Å². The lowest BCUT2D eigenvalue weighted by molar-refractivity contribution is -0.133. The summed E-state index contributed by atoms with van der Waals surface area (Å²) >= 11 is 0. The standard InChI is InChI=1S/C10H19N3O2/c1-8(11)10(15)13-5-3-4-12(6-7-13)9(2)14/h8H,3-7,11H2,1-2H3/t8-/m0/s1. The van der Waals surface area contributed by atoms with Crippen LogP contribution in [0, 0.1) is 0 Å². The van der Waals surface area contributed by atoms with Gasteiger partial charge in [-0.15, -0.1) is 0 Å². The first-order valence-corrected chi connectivity index (χ1v) is 5.32. The molecule has 0 aliphatic carbocycles. The summed E-state index contributed by atoms with van der Waals surface area (Å²) in [6.07, 6.45) is 0.831. The van der Waals surface area contributed by atoms with E-state index in [1.165, 1.54) is 0 Å². The SMILES string of the molecule is CC(=O)N1CCCN(C(=O)[C@H](C)N)CC1. The highest BCUT2D eigenvalue weighted by atomic mass is 16.2. The van der Waals surface area contributed by atoms with Gasteiger partial charge in [0.1, 0.15) is 0 Å². The number of hydrogen-bond acceptors (Lipinski definition) is 3. The van der Waals surface area contributed by atoms with Gasteiger partial charge in [-0.3, -0.25) is 9.59 Å². The number of carbonyl (C=O) groups excluding carboxylic acids is 2. The summed E-state index contributed by atoms with van der Waals surface area (Å²) in [6.45, 7) is 5.90. The highest BCUT2D eigenvalue weighted by Crippen LogP contribution is 2.04. The molecule has 15 heavy (non-hydrogen) atoms. The molecule has 5 heteroatoms. The minimum Gasteiger partial charge on any atom is -0.341 e. The maximum absolute atomic E-state index is 11.6. The van der Waals surface area contributed by atoms with Crippen LogP contribution in [0.4, 0.5) is 0 Å². The van der Waals surface area contributed by atoms with E-state index in [0.29, 0.717) is 19.6 Å². The molecule has 1 rings (SSSR count). The fraction of sp³-hybridized carbons (Fsp3) is 0.800. The lowest BCUT2D eigenvalue weighted by Gasteiger charge is -2.22. The van der Waals surface area contributed by atoms with Gasteiger partial charge in [0, 0.05) is 33.1 Å². The molecule has 1 saturated heterocycles. The molecular weight excluding hydrogens is 194 g/mol. The maximum Gasteiger partial charge on any atom is 0.239 e. The second-order valence-electron chi connectivity index (χ2n) is 3.97. The van der Waals surface area contributed by atoms with Crippen LogP contribution in [-0.4, -0.2) is 53.8 Å². The molecule has 1 fully saturated rings. The van der Waals surface area contributed by atoms with Crippen molar-refractivity contribution in [3.8, 4) is 0 Å². The Balaban J connectivity index is 2.52. The molecule has 1 atom stereocenters. The zero-order chi connectivity index (χ0) is 11.4. The summed E-state index contributed by atoms with van der Waals surface area (Å²) in [5.41, 5.74) is 5.54. The van der Waals surface area contributed by atoms with Crippen molar-refractivity contribution in [3.63, 3.8) is 0 Å². The molecule has 2 amide bonds. The zero-order valence-corrected chi connectivity index (χ0v) is 9.40. The highest BCUT2D eigenvalue weighted by Gasteiger charge is 2.21. The van der Waals surface area contributed by atoms with Gasteiger partial charge >= 0.3 is 0 Å². The van der Waals surface area contributed by atoms with Crippen molar-refractivity contribution in [2.24, 2.45) is 5.73 Å². The van der Waals surface area contributed by atoms with Crippen LogP contribution in [-0.2, 0) is 9.59 Å². The van der Waals surface area contributed by atoms with Crippen molar-refractivity contribution in [2.75, 3.05) is 26.2 Å². The van der Waals surface area contributed by atoms with Crippen molar-refractivity contribution in [3.05, 3.63) is 0 Å². The summed E-state index contributed by atoms with van der Waals surface area (Å²) in [4.78, 5) is 26.3. The molecule has 0 bridgehead atoms. The van der Waals surface area contributed by atoms with Gasteiger partial charge in [-0.25, -0.2) is 0 Å².